The summed E-state index contributed by atoms with van der Waals surface area (Å²) < 4.78 is 1.73. The molecule has 0 saturated heterocycles. The number of amides is 3. The van der Waals surface area contributed by atoms with Gasteiger partial charge in [-0.2, -0.15) is 5.10 Å². The fourth-order valence-electron chi connectivity index (χ4n) is 3.47. The summed E-state index contributed by atoms with van der Waals surface area (Å²) in [5.74, 6) is 0.446. The highest BCUT2D eigenvalue weighted by molar-refractivity contribution is 6.30. The van der Waals surface area contributed by atoms with E-state index in [1.54, 1.807) is 28.9 Å². The second kappa shape index (κ2) is 11.0. The molecule has 7 nitrogen and oxygen atoms in total. The van der Waals surface area contributed by atoms with Crippen molar-refractivity contribution in [2.45, 2.75) is 47.0 Å². The van der Waals surface area contributed by atoms with Crippen molar-refractivity contribution < 1.29 is 9.59 Å². The third kappa shape index (κ3) is 7.33. The van der Waals surface area contributed by atoms with Crippen LogP contribution in [-0.4, -0.2) is 39.7 Å². The van der Waals surface area contributed by atoms with Crippen LogP contribution in [0.5, 0.6) is 0 Å². The second-order valence-corrected chi connectivity index (χ2v) is 10.6. The molecule has 35 heavy (non-hydrogen) atoms. The lowest BCUT2D eigenvalue weighted by atomic mass is 9.92. The fourth-order valence-corrected chi connectivity index (χ4v) is 3.60. The number of nitrogens with zero attached hydrogens (tertiary/aromatic N) is 3. The lowest BCUT2D eigenvalue weighted by molar-refractivity contribution is -0.116. The minimum atomic E-state index is -0.349. The first kappa shape index (κ1) is 26.3. The van der Waals surface area contributed by atoms with E-state index in [0.29, 0.717) is 23.1 Å². The number of rotatable bonds is 7. The maximum absolute atomic E-state index is 13.1. The highest BCUT2D eigenvalue weighted by atomic mass is 35.5. The van der Waals surface area contributed by atoms with Gasteiger partial charge >= 0.3 is 6.03 Å². The van der Waals surface area contributed by atoms with E-state index in [-0.39, 0.29) is 29.8 Å². The van der Waals surface area contributed by atoms with E-state index in [9.17, 15) is 9.59 Å². The number of aromatic nitrogens is 2. The predicted molar refractivity (Wildman–Crippen MR) is 143 cm³/mol. The van der Waals surface area contributed by atoms with Gasteiger partial charge in [-0.25, -0.2) is 9.48 Å². The monoisotopic (exact) mass is 495 g/mol. The van der Waals surface area contributed by atoms with Crippen LogP contribution in [0.25, 0.3) is 5.69 Å². The first-order chi connectivity index (χ1) is 16.4. The van der Waals surface area contributed by atoms with E-state index in [0.717, 1.165) is 16.9 Å². The minimum Gasteiger partial charge on any atom is -0.315 e. The topological polar surface area (TPSA) is 79.3 Å². The van der Waals surface area contributed by atoms with Gasteiger partial charge in [0.2, 0.25) is 5.91 Å². The molecular weight excluding hydrogens is 462 g/mol. The third-order valence-corrected chi connectivity index (χ3v) is 5.58. The van der Waals surface area contributed by atoms with Crippen molar-refractivity contribution in [1.82, 2.24) is 14.7 Å². The molecule has 0 saturated carbocycles. The molecule has 3 amide bonds. The molecule has 2 aromatic carbocycles. The van der Waals surface area contributed by atoms with Gasteiger partial charge in [-0.15, -0.1) is 0 Å². The Hall–Kier alpha value is -3.32. The van der Waals surface area contributed by atoms with Crippen LogP contribution in [0.3, 0.4) is 0 Å². The number of carbonyl (C=O) groups is 2. The molecule has 3 aromatic rings. The summed E-state index contributed by atoms with van der Waals surface area (Å²) in [6.45, 7) is 12.6. The number of halogens is 1. The van der Waals surface area contributed by atoms with Gasteiger partial charge in [-0.05, 0) is 49.2 Å². The summed E-state index contributed by atoms with van der Waals surface area (Å²) in [7, 11) is 0. The Morgan fingerprint density at radius 2 is 1.66 bits per heavy atom. The van der Waals surface area contributed by atoms with E-state index >= 15 is 0 Å². The zero-order chi connectivity index (χ0) is 25.8. The molecule has 0 aliphatic carbocycles. The first-order valence-corrected chi connectivity index (χ1v) is 12.1. The number of hydrogen-bond donors (Lipinski definition) is 2. The van der Waals surface area contributed by atoms with Crippen LogP contribution in [0, 0.1) is 12.8 Å². The van der Waals surface area contributed by atoms with Gasteiger partial charge in [-0.1, -0.05) is 63.9 Å². The van der Waals surface area contributed by atoms with Gasteiger partial charge < -0.3 is 15.5 Å². The molecule has 0 unspecified atom stereocenters. The number of anilines is 2. The molecule has 3 rings (SSSR count). The average molecular weight is 496 g/mol. The van der Waals surface area contributed by atoms with Crippen molar-refractivity contribution in [2.24, 2.45) is 5.92 Å². The molecular formula is C27H34ClN5O2. The van der Waals surface area contributed by atoms with Crippen LogP contribution in [0.4, 0.5) is 16.3 Å². The maximum atomic E-state index is 13.1. The zero-order valence-electron chi connectivity index (χ0n) is 21.2. The predicted octanol–water partition coefficient (Wildman–Crippen LogP) is 6.26. The van der Waals surface area contributed by atoms with Crippen LogP contribution in [0.15, 0.2) is 54.6 Å². The molecule has 2 N–H and O–H groups in total. The smallest absolute Gasteiger partial charge is 0.315 e. The summed E-state index contributed by atoms with van der Waals surface area (Å²) >= 11 is 5.94. The summed E-state index contributed by atoms with van der Waals surface area (Å²) in [5, 5.41) is 11.2. The van der Waals surface area contributed by atoms with Crippen LogP contribution in [-0.2, 0) is 10.2 Å². The summed E-state index contributed by atoms with van der Waals surface area (Å²) in [5.41, 5.74) is 3.26. The fraction of sp³-hybridized carbons (Fsp3) is 0.370. The molecule has 186 valence electrons. The molecule has 1 aromatic heterocycles. The van der Waals surface area contributed by atoms with Gasteiger partial charge in [-0.3, -0.25) is 4.79 Å². The zero-order valence-corrected chi connectivity index (χ0v) is 22.0. The maximum Gasteiger partial charge on any atom is 0.322 e. The Morgan fingerprint density at radius 1 is 1.03 bits per heavy atom. The lowest BCUT2D eigenvalue weighted by Gasteiger charge is -2.24. The van der Waals surface area contributed by atoms with E-state index in [1.807, 2.05) is 51.1 Å². The Bertz CT molecular complexity index is 1160. The standard InChI is InChI=1S/C27H34ClN5O2/c1-18(2)16-32(26(35)29-21-11-9-20(28)10-12-21)17-25(34)30-24-15-23(27(4,5)6)31-33(24)22-13-7-19(3)8-14-22/h7-15,18H,16-17H2,1-6H3,(H,29,35)(H,30,34). The van der Waals surface area contributed by atoms with E-state index < -0.39 is 0 Å². The van der Waals surface area contributed by atoms with Crippen molar-refractivity contribution >= 4 is 35.0 Å². The molecule has 0 aliphatic heterocycles. The summed E-state index contributed by atoms with van der Waals surface area (Å²) in [6, 6.07) is 16.3. The van der Waals surface area contributed by atoms with Crippen molar-refractivity contribution in [1.29, 1.82) is 0 Å². The van der Waals surface area contributed by atoms with E-state index in [1.165, 1.54) is 4.90 Å². The quantitative estimate of drug-likeness (QED) is 0.406. The Kier molecular flexibility index (Phi) is 8.22. The minimum absolute atomic E-state index is 0.0957. The molecule has 1 heterocycles. The molecule has 0 aliphatic rings. The van der Waals surface area contributed by atoms with E-state index in [4.69, 9.17) is 16.7 Å². The van der Waals surface area contributed by atoms with Crippen LogP contribution in [0.2, 0.25) is 5.02 Å². The van der Waals surface area contributed by atoms with Crippen molar-refractivity contribution in [3.05, 3.63) is 70.9 Å². The Labute approximate surface area is 212 Å². The van der Waals surface area contributed by atoms with Crippen LogP contribution < -0.4 is 10.6 Å². The normalized spacial score (nSPS) is 11.4. The van der Waals surface area contributed by atoms with Gasteiger partial charge in [0.15, 0.2) is 0 Å². The van der Waals surface area contributed by atoms with Gasteiger partial charge in [0.1, 0.15) is 12.4 Å². The van der Waals surface area contributed by atoms with Gasteiger partial charge in [0.05, 0.1) is 11.4 Å². The molecule has 8 heteroatoms. The van der Waals surface area contributed by atoms with Gasteiger partial charge in [0, 0.05) is 28.7 Å². The SMILES string of the molecule is Cc1ccc(-n2nc(C(C)(C)C)cc2NC(=O)CN(CC(C)C)C(=O)Nc2ccc(Cl)cc2)cc1. The molecule has 0 spiro atoms. The van der Waals surface area contributed by atoms with E-state index in [2.05, 4.69) is 31.4 Å². The number of benzene rings is 2. The van der Waals surface area contributed by atoms with Crippen molar-refractivity contribution in [2.75, 3.05) is 23.7 Å². The number of aryl methyl sites for hydroxylation is 1. The molecule has 0 fully saturated rings. The van der Waals surface area contributed by atoms with Crippen LogP contribution in [0.1, 0.15) is 45.9 Å². The first-order valence-electron chi connectivity index (χ1n) is 11.7. The summed E-state index contributed by atoms with van der Waals surface area (Å²) in [6.07, 6.45) is 0. The van der Waals surface area contributed by atoms with Crippen LogP contribution >= 0.6 is 11.6 Å². The highest BCUT2D eigenvalue weighted by Gasteiger charge is 2.23. The largest absolute Gasteiger partial charge is 0.322 e. The number of carbonyl (C=O) groups excluding carboxylic acids is 2. The second-order valence-electron chi connectivity index (χ2n) is 10.2. The number of urea groups is 1. The summed E-state index contributed by atoms with van der Waals surface area (Å²) in [4.78, 5) is 27.6. The third-order valence-electron chi connectivity index (χ3n) is 5.33. The van der Waals surface area contributed by atoms with Crippen molar-refractivity contribution in [3.63, 3.8) is 0 Å². The molecule has 0 atom stereocenters. The lowest BCUT2D eigenvalue weighted by Crippen LogP contribution is -2.42. The van der Waals surface area contributed by atoms with Crippen molar-refractivity contribution in [3.8, 4) is 5.69 Å². The Morgan fingerprint density at radius 3 is 2.23 bits per heavy atom. The van der Waals surface area contributed by atoms with Gasteiger partial charge in [0.25, 0.3) is 0 Å². The molecule has 0 radical (unpaired) electrons. The number of hydrogen-bond acceptors (Lipinski definition) is 3. The average Bonchev–Trinajstić information content (AvgIpc) is 3.19. The highest BCUT2D eigenvalue weighted by Crippen LogP contribution is 2.26. The number of nitrogens with one attached hydrogen (secondary N) is 2. The Balaban J connectivity index is 1.80. The molecule has 0 bridgehead atoms.